The maximum Gasteiger partial charge on any atom is 0.271 e. The number of hydrogen-bond acceptors (Lipinski definition) is 7. The van der Waals surface area contributed by atoms with Gasteiger partial charge in [-0.05, 0) is 66.7 Å². The second kappa shape index (κ2) is 13.8. The molecule has 5 rings (SSSR count). The monoisotopic (exact) mass is 615 g/mol. The van der Waals surface area contributed by atoms with Crippen molar-refractivity contribution in [2.24, 2.45) is 5.10 Å². The molecule has 8 nitrogen and oxygen atoms in total. The summed E-state index contributed by atoms with van der Waals surface area (Å²) >= 11 is 13.5. The van der Waals surface area contributed by atoms with Crippen LogP contribution in [0.3, 0.4) is 0 Å². The molecule has 1 aromatic heterocycles. The molecule has 0 saturated carbocycles. The molecule has 0 aliphatic rings. The van der Waals surface area contributed by atoms with Crippen LogP contribution in [0.5, 0.6) is 5.75 Å². The number of anilines is 3. The lowest BCUT2D eigenvalue weighted by atomic mass is 10.1. The summed E-state index contributed by atoms with van der Waals surface area (Å²) < 4.78 is 5.67. The number of carbonyl (C=O) groups excluding carboxylic acids is 2. The number of amides is 2. The van der Waals surface area contributed by atoms with Crippen LogP contribution in [0.2, 0.25) is 10.0 Å². The highest BCUT2D eigenvalue weighted by Gasteiger charge is 2.10. The summed E-state index contributed by atoms with van der Waals surface area (Å²) in [5.74, 6) is -0.375. The molecule has 11 heteroatoms. The normalized spacial score (nSPS) is 10.8. The molecule has 0 aliphatic carbocycles. The molecular formula is C31H23Cl2N5O3S. The quantitative estimate of drug-likeness (QED) is 0.111. The largest absolute Gasteiger partial charge is 0.483 e. The van der Waals surface area contributed by atoms with Crippen LogP contribution in [0, 0.1) is 0 Å². The number of para-hydroxylation sites is 1. The number of carbonyl (C=O) groups is 2. The summed E-state index contributed by atoms with van der Waals surface area (Å²) in [6, 6.07) is 28.5. The van der Waals surface area contributed by atoms with Gasteiger partial charge >= 0.3 is 0 Å². The Morgan fingerprint density at radius 2 is 1.62 bits per heavy atom. The van der Waals surface area contributed by atoms with Crippen LogP contribution in [-0.4, -0.2) is 29.6 Å². The summed E-state index contributed by atoms with van der Waals surface area (Å²) in [6.45, 7) is -0.243. The van der Waals surface area contributed by atoms with E-state index in [-0.39, 0.29) is 12.5 Å². The fourth-order valence-electron chi connectivity index (χ4n) is 3.75. The molecule has 0 radical (unpaired) electrons. The second-order valence-corrected chi connectivity index (χ2v) is 10.6. The third-order valence-electron chi connectivity index (χ3n) is 5.80. The Hall–Kier alpha value is -4.70. The van der Waals surface area contributed by atoms with Crippen LogP contribution in [0.25, 0.3) is 11.3 Å². The van der Waals surface area contributed by atoms with Crippen molar-refractivity contribution in [3.05, 3.63) is 124 Å². The summed E-state index contributed by atoms with van der Waals surface area (Å²) in [7, 11) is 0. The zero-order valence-corrected chi connectivity index (χ0v) is 24.2. The van der Waals surface area contributed by atoms with E-state index < -0.39 is 5.91 Å². The Kier molecular flexibility index (Phi) is 9.45. The molecule has 5 aromatic rings. The van der Waals surface area contributed by atoms with E-state index in [2.05, 4.69) is 26.1 Å². The molecule has 0 aliphatic heterocycles. The van der Waals surface area contributed by atoms with Crippen LogP contribution in [0.1, 0.15) is 15.9 Å². The predicted molar refractivity (Wildman–Crippen MR) is 169 cm³/mol. The Balaban J connectivity index is 1.16. The first kappa shape index (κ1) is 28.8. The van der Waals surface area contributed by atoms with Gasteiger partial charge in [-0.15, -0.1) is 11.3 Å². The van der Waals surface area contributed by atoms with Gasteiger partial charge in [-0.25, -0.2) is 10.4 Å². The van der Waals surface area contributed by atoms with Gasteiger partial charge in [-0.1, -0.05) is 53.5 Å². The van der Waals surface area contributed by atoms with Crippen molar-refractivity contribution in [2.45, 2.75) is 0 Å². The Morgan fingerprint density at radius 3 is 2.38 bits per heavy atom. The third-order valence-corrected chi connectivity index (χ3v) is 7.05. The Bertz CT molecular complexity index is 1710. The van der Waals surface area contributed by atoms with Crippen molar-refractivity contribution in [1.82, 2.24) is 10.4 Å². The van der Waals surface area contributed by atoms with E-state index in [1.54, 1.807) is 54.6 Å². The van der Waals surface area contributed by atoms with E-state index in [1.165, 1.54) is 17.6 Å². The fourth-order valence-corrected chi connectivity index (χ4v) is 4.80. The molecule has 0 atom stereocenters. The van der Waals surface area contributed by atoms with Crippen LogP contribution in [0.15, 0.2) is 108 Å². The van der Waals surface area contributed by atoms with E-state index in [9.17, 15) is 9.59 Å². The average Bonchev–Trinajstić information content (AvgIpc) is 3.47. The zero-order chi connectivity index (χ0) is 29.3. The number of benzene rings is 4. The zero-order valence-electron chi connectivity index (χ0n) is 21.9. The van der Waals surface area contributed by atoms with E-state index in [0.29, 0.717) is 32.6 Å². The molecule has 4 aromatic carbocycles. The second-order valence-electron chi connectivity index (χ2n) is 8.83. The molecule has 1 heterocycles. The number of hydrogen-bond donors (Lipinski definition) is 3. The minimum absolute atomic E-state index is 0.243. The number of nitrogens with one attached hydrogen (secondary N) is 3. The SMILES string of the molecule is O=C(COc1ccc(Cl)cc1C=NNC(=O)c1ccc(-c2csc(Nc3ccccc3)n2)cc1)Nc1ccc(Cl)cc1. The number of thiazole rings is 1. The van der Waals surface area contributed by atoms with Crippen molar-refractivity contribution in [1.29, 1.82) is 0 Å². The van der Waals surface area contributed by atoms with E-state index in [4.69, 9.17) is 27.9 Å². The lowest BCUT2D eigenvalue weighted by Crippen LogP contribution is -2.20. The standard InChI is InChI=1S/C31H23Cl2N5O3S/c32-23-10-13-26(14-11-23)35-29(39)18-41-28-15-12-24(33)16-22(28)17-34-38-30(40)21-8-6-20(7-9-21)27-19-42-31(37-27)36-25-4-2-1-3-5-25/h1-17,19H,18H2,(H,35,39)(H,36,37)(H,38,40). The van der Waals surface area contributed by atoms with E-state index >= 15 is 0 Å². The van der Waals surface area contributed by atoms with Gasteiger partial charge in [0.2, 0.25) is 0 Å². The van der Waals surface area contributed by atoms with Gasteiger partial charge in [-0.2, -0.15) is 5.10 Å². The first-order valence-corrected chi connectivity index (χ1v) is 14.3. The van der Waals surface area contributed by atoms with Crippen molar-refractivity contribution in [2.75, 3.05) is 17.2 Å². The number of nitrogens with zero attached hydrogens (tertiary/aromatic N) is 2. The fraction of sp³-hybridized carbons (Fsp3) is 0.0323. The number of hydrazone groups is 1. The number of aromatic nitrogens is 1. The molecule has 0 fully saturated rings. The molecule has 0 unspecified atom stereocenters. The molecule has 42 heavy (non-hydrogen) atoms. The molecule has 210 valence electrons. The molecular weight excluding hydrogens is 593 g/mol. The van der Waals surface area contributed by atoms with Gasteiger partial charge in [0.05, 0.1) is 11.9 Å². The molecule has 0 spiro atoms. The number of halogens is 2. The lowest BCUT2D eigenvalue weighted by molar-refractivity contribution is -0.118. The summed E-state index contributed by atoms with van der Waals surface area (Å²) in [5, 5.41) is 13.8. The Labute approximate surface area is 256 Å². The average molecular weight is 617 g/mol. The topological polar surface area (TPSA) is 105 Å². The van der Waals surface area contributed by atoms with E-state index in [0.717, 1.165) is 22.1 Å². The highest BCUT2D eigenvalue weighted by atomic mass is 35.5. The highest BCUT2D eigenvalue weighted by Crippen LogP contribution is 2.27. The number of ether oxygens (including phenoxy) is 1. The predicted octanol–water partition coefficient (Wildman–Crippen LogP) is 7.64. The van der Waals surface area contributed by atoms with Gasteiger partial charge < -0.3 is 15.4 Å². The summed E-state index contributed by atoms with van der Waals surface area (Å²) in [5.41, 5.74) is 6.66. The minimum atomic E-state index is -0.394. The van der Waals surface area contributed by atoms with Crippen LogP contribution in [-0.2, 0) is 4.79 Å². The minimum Gasteiger partial charge on any atom is -0.483 e. The van der Waals surface area contributed by atoms with Gasteiger partial charge in [0.25, 0.3) is 11.8 Å². The van der Waals surface area contributed by atoms with Gasteiger partial charge in [-0.3, -0.25) is 9.59 Å². The van der Waals surface area contributed by atoms with Crippen molar-refractivity contribution in [3.8, 4) is 17.0 Å². The van der Waals surface area contributed by atoms with E-state index in [1.807, 2.05) is 47.8 Å². The molecule has 2 amide bonds. The summed E-state index contributed by atoms with van der Waals surface area (Å²) in [4.78, 5) is 29.6. The van der Waals surface area contributed by atoms with Crippen LogP contribution < -0.4 is 20.8 Å². The molecule has 0 bridgehead atoms. The maximum atomic E-state index is 12.7. The summed E-state index contributed by atoms with van der Waals surface area (Å²) in [6.07, 6.45) is 1.40. The molecule has 3 N–H and O–H groups in total. The van der Waals surface area contributed by atoms with Crippen LogP contribution in [0.4, 0.5) is 16.5 Å². The lowest BCUT2D eigenvalue weighted by Gasteiger charge is -2.10. The van der Waals surface area contributed by atoms with Crippen molar-refractivity contribution < 1.29 is 14.3 Å². The first-order chi connectivity index (χ1) is 20.4. The van der Waals surface area contributed by atoms with Crippen LogP contribution >= 0.6 is 34.5 Å². The first-order valence-electron chi connectivity index (χ1n) is 12.6. The smallest absolute Gasteiger partial charge is 0.271 e. The van der Waals surface area contributed by atoms with Gasteiger partial charge in [0, 0.05) is 43.5 Å². The third kappa shape index (κ3) is 7.94. The number of rotatable bonds is 10. The molecule has 0 saturated heterocycles. The van der Waals surface area contributed by atoms with Gasteiger partial charge in [0.1, 0.15) is 5.75 Å². The highest BCUT2D eigenvalue weighted by molar-refractivity contribution is 7.14. The Morgan fingerprint density at radius 1 is 0.881 bits per heavy atom. The van der Waals surface area contributed by atoms with Crippen molar-refractivity contribution >= 4 is 69.1 Å². The van der Waals surface area contributed by atoms with Crippen molar-refractivity contribution in [3.63, 3.8) is 0 Å². The maximum absolute atomic E-state index is 12.7. The van der Waals surface area contributed by atoms with Gasteiger partial charge in [0.15, 0.2) is 11.7 Å².